The lowest BCUT2D eigenvalue weighted by Crippen LogP contribution is -2.00. The standard InChI is InChI=1S/C41H25N3S/c1-2-11-28(12-3-1)39-42-40(29-21-18-27(19-22-29)31-23-20-26-10-4-5-13-30(26)24-31)44-41(43-39)35-25-37-38(33-15-7-6-14-32(33)35)34-16-8-9-17-36(34)45-37/h1-25H. The van der Waals surface area contributed by atoms with Gasteiger partial charge in [-0.05, 0) is 50.9 Å². The second-order valence-electron chi connectivity index (χ2n) is 11.3. The third kappa shape index (κ3) is 4.46. The molecule has 2 aromatic heterocycles. The first kappa shape index (κ1) is 25.8. The topological polar surface area (TPSA) is 38.7 Å². The van der Waals surface area contributed by atoms with Crippen LogP contribution in [-0.4, -0.2) is 15.0 Å². The van der Waals surface area contributed by atoms with E-state index in [1.165, 1.54) is 41.9 Å². The minimum atomic E-state index is 0.657. The molecular formula is C41H25N3S. The maximum absolute atomic E-state index is 5.14. The van der Waals surface area contributed by atoms with E-state index < -0.39 is 0 Å². The van der Waals surface area contributed by atoms with Gasteiger partial charge < -0.3 is 0 Å². The molecule has 0 aliphatic heterocycles. The molecule has 0 radical (unpaired) electrons. The number of thiophene rings is 1. The number of aromatic nitrogens is 3. The highest BCUT2D eigenvalue weighted by Crippen LogP contribution is 2.42. The highest BCUT2D eigenvalue weighted by atomic mass is 32.1. The van der Waals surface area contributed by atoms with Crippen LogP contribution in [0.15, 0.2) is 152 Å². The van der Waals surface area contributed by atoms with Crippen LogP contribution >= 0.6 is 11.3 Å². The number of hydrogen-bond donors (Lipinski definition) is 0. The van der Waals surface area contributed by atoms with E-state index in [1.54, 1.807) is 0 Å². The second-order valence-corrected chi connectivity index (χ2v) is 12.3. The van der Waals surface area contributed by atoms with Crippen molar-refractivity contribution in [3.05, 3.63) is 152 Å². The average molecular weight is 592 g/mol. The predicted octanol–water partition coefficient (Wildman–Crippen LogP) is 11.2. The summed E-state index contributed by atoms with van der Waals surface area (Å²) in [6.45, 7) is 0. The molecule has 3 nitrogen and oxygen atoms in total. The van der Waals surface area contributed by atoms with Gasteiger partial charge in [0.25, 0.3) is 0 Å². The third-order valence-corrected chi connectivity index (χ3v) is 9.64. The Labute approximate surface area is 264 Å². The molecule has 0 amide bonds. The van der Waals surface area contributed by atoms with Crippen LogP contribution in [0.3, 0.4) is 0 Å². The molecule has 7 aromatic carbocycles. The van der Waals surface area contributed by atoms with E-state index in [-0.39, 0.29) is 0 Å². The van der Waals surface area contributed by atoms with E-state index in [0.717, 1.165) is 27.6 Å². The molecule has 0 fully saturated rings. The summed E-state index contributed by atoms with van der Waals surface area (Å²) in [4.78, 5) is 15.2. The number of fused-ring (bicyclic) bond motifs is 6. The summed E-state index contributed by atoms with van der Waals surface area (Å²) in [6, 6.07) is 53.3. The van der Waals surface area contributed by atoms with Gasteiger partial charge >= 0.3 is 0 Å². The molecule has 0 unspecified atom stereocenters. The molecule has 45 heavy (non-hydrogen) atoms. The molecule has 0 aliphatic carbocycles. The van der Waals surface area contributed by atoms with Gasteiger partial charge in [-0.3, -0.25) is 0 Å². The molecule has 4 heteroatoms. The molecule has 0 atom stereocenters. The van der Waals surface area contributed by atoms with E-state index in [1.807, 2.05) is 29.5 Å². The van der Waals surface area contributed by atoms with Crippen molar-refractivity contribution in [3.63, 3.8) is 0 Å². The fraction of sp³-hybridized carbons (Fsp3) is 0. The highest BCUT2D eigenvalue weighted by molar-refractivity contribution is 7.26. The van der Waals surface area contributed by atoms with Gasteiger partial charge in [0.1, 0.15) is 0 Å². The van der Waals surface area contributed by atoms with Crippen molar-refractivity contribution in [2.75, 3.05) is 0 Å². The van der Waals surface area contributed by atoms with Gasteiger partial charge in [0.2, 0.25) is 0 Å². The zero-order valence-electron chi connectivity index (χ0n) is 24.2. The van der Waals surface area contributed by atoms with Crippen LogP contribution in [0.4, 0.5) is 0 Å². The predicted molar refractivity (Wildman–Crippen MR) is 189 cm³/mol. The van der Waals surface area contributed by atoms with E-state index in [0.29, 0.717) is 17.5 Å². The molecular weight excluding hydrogens is 567 g/mol. The van der Waals surface area contributed by atoms with Crippen LogP contribution in [0.2, 0.25) is 0 Å². The highest BCUT2D eigenvalue weighted by Gasteiger charge is 2.18. The zero-order chi connectivity index (χ0) is 29.7. The first-order valence-electron chi connectivity index (χ1n) is 15.0. The fourth-order valence-electron chi connectivity index (χ4n) is 6.30. The number of rotatable bonds is 4. The number of benzene rings is 7. The van der Waals surface area contributed by atoms with Gasteiger partial charge in [0, 0.05) is 36.9 Å². The normalized spacial score (nSPS) is 11.6. The Bertz CT molecular complexity index is 2530. The lowest BCUT2D eigenvalue weighted by atomic mass is 9.98. The van der Waals surface area contributed by atoms with Crippen molar-refractivity contribution in [1.82, 2.24) is 15.0 Å². The maximum atomic E-state index is 5.14. The molecule has 2 heterocycles. The van der Waals surface area contributed by atoms with Crippen molar-refractivity contribution in [1.29, 1.82) is 0 Å². The summed E-state index contributed by atoms with van der Waals surface area (Å²) < 4.78 is 2.51. The van der Waals surface area contributed by atoms with Crippen LogP contribution in [-0.2, 0) is 0 Å². The maximum Gasteiger partial charge on any atom is 0.164 e. The summed E-state index contributed by atoms with van der Waals surface area (Å²) in [5, 5.41) is 7.40. The molecule has 0 aliphatic rings. The molecule has 0 N–H and O–H groups in total. The lowest BCUT2D eigenvalue weighted by Gasteiger charge is -2.12. The second kappa shape index (κ2) is 10.5. The molecule has 0 saturated heterocycles. The van der Waals surface area contributed by atoms with Crippen LogP contribution in [0.1, 0.15) is 0 Å². The van der Waals surface area contributed by atoms with Gasteiger partial charge in [-0.2, -0.15) is 0 Å². The quantitative estimate of drug-likeness (QED) is 0.204. The Morgan fingerprint density at radius 2 is 0.933 bits per heavy atom. The lowest BCUT2D eigenvalue weighted by molar-refractivity contribution is 1.08. The molecule has 0 spiro atoms. The fourth-order valence-corrected chi connectivity index (χ4v) is 7.46. The summed E-state index contributed by atoms with van der Waals surface area (Å²) in [5.74, 6) is 1.99. The van der Waals surface area contributed by atoms with Gasteiger partial charge in [0.15, 0.2) is 17.5 Å². The average Bonchev–Trinajstić information content (AvgIpc) is 3.50. The van der Waals surface area contributed by atoms with Crippen LogP contribution in [0, 0.1) is 0 Å². The smallest absolute Gasteiger partial charge is 0.164 e. The van der Waals surface area contributed by atoms with Gasteiger partial charge in [-0.15, -0.1) is 11.3 Å². The van der Waals surface area contributed by atoms with E-state index in [2.05, 4.69) is 133 Å². The summed E-state index contributed by atoms with van der Waals surface area (Å²) in [5.41, 5.74) is 5.27. The van der Waals surface area contributed by atoms with Crippen LogP contribution < -0.4 is 0 Å². The van der Waals surface area contributed by atoms with E-state index in [4.69, 9.17) is 15.0 Å². The Morgan fingerprint density at radius 1 is 0.356 bits per heavy atom. The van der Waals surface area contributed by atoms with Gasteiger partial charge in [-0.25, -0.2) is 15.0 Å². The van der Waals surface area contributed by atoms with Crippen molar-refractivity contribution in [2.24, 2.45) is 0 Å². The molecule has 9 rings (SSSR count). The Hall–Kier alpha value is -5.71. The largest absolute Gasteiger partial charge is 0.208 e. The van der Waals surface area contributed by atoms with Crippen molar-refractivity contribution >= 4 is 53.1 Å². The number of nitrogens with zero attached hydrogens (tertiary/aromatic N) is 3. The Balaban J connectivity index is 1.22. The minimum Gasteiger partial charge on any atom is -0.208 e. The monoisotopic (exact) mass is 591 g/mol. The zero-order valence-corrected chi connectivity index (χ0v) is 25.0. The molecule has 0 saturated carbocycles. The summed E-state index contributed by atoms with van der Waals surface area (Å²) in [7, 11) is 0. The Kier molecular flexibility index (Phi) is 6.00. The van der Waals surface area contributed by atoms with Gasteiger partial charge in [-0.1, -0.05) is 133 Å². The SMILES string of the molecule is c1ccc(-c2nc(-c3ccc(-c4ccc5ccccc5c4)cc3)nc(-c3cc4sc5ccccc5c4c4ccccc34)n2)cc1. The van der Waals surface area contributed by atoms with Crippen LogP contribution in [0.25, 0.3) is 87.0 Å². The van der Waals surface area contributed by atoms with Crippen molar-refractivity contribution in [3.8, 4) is 45.3 Å². The van der Waals surface area contributed by atoms with Crippen LogP contribution in [0.5, 0.6) is 0 Å². The third-order valence-electron chi connectivity index (χ3n) is 8.52. The minimum absolute atomic E-state index is 0.657. The van der Waals surface area contributed by atoms with E-state index in [9.17, 15) is 0 Å². The number of hydrogen-bond acceptors (Lipinski definition) is 4. The molecule has 9 aromatic rings. The first-order chi connectivity index (χ1) is 22.3. The van der Waals surface area contributed by atoms with Crippen molar-refractivity contribution in [2.45, 2.75) is 0 Å². The summed E-state index contributed by atoms with van der Waals surface area (Å²) in [6.07, 6.45) is 0. The van der Waals surface area contributed by atoms with Gasteiger partial charge in [0.05, 0.1) is 0 Å². The van der Waals surface area contributed by atoms with Crippen molar-refractivity contribution < 1.29 is 0 Å². The summed E-state index contributed by atoms with van der Waals surface area (Å²) >= 11 is 1.82. The molecule has 0 bridgehead atoms. The van der Waals surface area contributed by atoms with E-state index >= 15 is 0 Å². The Morgan fingerprint density at radius 3 is 1.73 bits per heavy atom. The molecule has 210 valence electrons. The first-order valence-corrected chi connectivity index (χ1v) is 15.8.